The molecule has 7 heteroatoms. The Labute approximate surface area is 132 Å². The number of nitrogens with zero attached hydrogens (tertiary/aromatic N) is 4. The van der Waals surface area contributed by atoms with Crippen molar-refractivity contribution in [2.75, 3.05) is 12.4 Å². The van der Waals surface area contributed by atoms with Crippen LogP contribution >= 0.6 is 11.8 Å². The second kappa shape index (κ2) is 6.90. The molecule has 3 rings (SSSR count). The standard InChI is InChI=1S/C15H15FN4OS/c16-12-5-3-11(4-6-12)14-18-19-15(22-9-7-17)20(14)10-13-2-1-8-21-13/h3-6,13H,1-2,8-10H2/t13-/m0/s1. The molecule has 2 aromatic rings. The molecule has 0 amide bonds. The molecule has 0 unspecified atom stereocenters. The fourth-order valence-corrected chi connectivity index (χ4v) is 3.07. The first-order valence-corrected chi connectivity index (χ1v) is 8.07. The van der Waals surface area contributed by atoms with Crippen LogP contribution in [0.4, 0.5) is 4.39 Å². The van der Waals surface area contributed by atoms with Gasteiger partial charge in [0.2, 0.25) is 0 Å². The molecule has 0 spiro atoms. The minimum atomic E-state index is -0.284. The van der Waals surface area contributed by atoms with Crippen molar-refractivity contribution in [1.29, 1.82) is 5.26 Å². The van der Waals surface area contributed by atoms with Crippen LogP contribution in [0.25, 0.3) is 11.4 Å². The number of halogens is 1. The molecule has 1 fully saturated rings. The van der Waals surface area contributed by atoms with Gasteiger partial charge in [-0.2, -0.15) is 5.26 Å². The van der Waals surface area contributed by atoms with Crippen LogP contribution in [0, 0.1) is 17.1 Å². The van der Waals surface area contributed by atoms with Gasteiger partial charge < -0.3 is 4.74 Å². The van der Waals surface area contributed by atoms with E-state index in [4.69, 9.17) is 10.00 Å². The normalized spacial score (nSPS) is 17.5. The van der Waals surface area contributed by atoms with E-state index in [0.717, 1.165) is 25.0 Å². The number of benzene rings is 1. The molecule has 1 aliphatic rings. The summed E-state index contributed by atoms with van der Waals surface area (Å²) in [6.07, 6.45) is 2.19. The highest BCUT2D eigenvalue weighted by Gasteiger charge is 2.21. The van der Waals surface area contributed by atoms with Crippen molar-refractivity contribution in [2.24, 2.45) is 0 Å². The van der Waals surface area contributed by atoms with Crippen LogP contribution in [0.2, 0.25) is 0 Å². The second-order valence-corrected chi connectivity index (χ2v) is 5.95. The number of hydrogen-bond donors (Lipinski definition) is 0. The quantitative estimate of drug-likeness (QED) is 0.793. The molecule has 2 heterocycles. The van der Waals surface area contributed by atoms with E-state index >= 15 is 0 Å². The maximum atomic E-state index is 13.1. The predicted molar refractivity (Wildman–Crippen MR) is 80.7 cm³/mol. The number of ether oxygens (including phenoxy) is 1. The molecular formula is C15H15FN4OS. The van der Waals surface area contributed by atoms with E-state index in [1.54, 1.807) is 12.1 Å². The molecule has 0 bridgehead atoms. The van der Waals surface area contributed by atoms with Crippen molar-refractivity contribution in [2.45, 2.75) is 30.6 Å². The summed E-state index contributed by atoms with van der Waals surface area (Å²) in [6.45, 7) is 1.42. The number of nitriles is 1. The topological polar surface area (TPSA) is 63.7 Å². The third-order valence-electron chi connectivity index (χ3n) is 3.50. The highest BCUT2D eigenvalue weighted by Crippen LogP contribution is 2.26. The van der Waals surface area contributed by atoms with Gasteiger partial charge in [-0.25, -0.2) is 4.39 Å². The Morgan fingerprint density at radius 2 is 2.18 bits per heavy atom. The van der Waals surface area contributed by atoms with Gasteiger partial charge in [-0.3, -0.25) is 4.57 Å². The monoisotopic (exact) mass is 318 g/mol. The van der Waals surface area contributed by atoms with Gasteiger partial charge >= 0.3 is 0 Å². The number of rotatable bonds is 5. The Bertz CT molecular complexity index is 674. The van der Waals surface area contributed by atoms with Gasteiger partial charge in [-0.05, 0) is 37.1 Å². The van der Waals surface area contributed by atoms with Crippen molar-refractivity contribution in [1.82, 2.24) is 14.8 Å². The van der Waals surface area contributed by atoms with Crippen molar-refractivity contribution in [3.8, 4) is 17.5 Å². The van der Waals surface area contributed by atoms with Crippen LogP contribution in [0.15, 0.2) is 29.4 Å². The molecule has 0 aliphatic carbocycles. The minimum Gasteiger partial charge on any atom is -0.376 e. The maximum Gasteiger partial charge on any atom is 0.192 e. The summed E-state index contributed by atoms with van der Waals surface area (Å²) in [4.78, 5) is 0. The lowest BCUT2D eigenvalue weighted by Crippen LogP contribution is -2.16. The zero-order valence-electron chi connectivity index (χ0n) is 11.9. The van der Waals surface area contributed by atoms with Crippen LogP contribution in [-0.4, -0.2) is 33.2 Å². The van der Waals surface area contributed by atoms with E-state index in [1.807, 2.05) is 4.57 Å². The molecule has 1 aromatic carbocycles. The molecule has 1 atom stereocenters. The van der Waals surface area contributed by atoms with Crippen LogP contribution < -0.4 is 0 Å². The molecule has 0 radical (unpaired) electrons. The van der Waals surface area contributed by atoms with Gasteiger partial charge in [-0.15, -0.1) is 10.2 Å². The summed E-state index contributed by atoms with van der Waals surface area (Å²) in [5.41, 5.74) is 0.802. The smallest absolute Gasteiger partial charge is 0.192 e. The van der Waals surface area contributed by atoms with E-state index < -0.39 is 0 Å². The molecular weight excluding hydrogens is 303 g/mol. The first-order valence-electron chi connectivity index (χ1n) is 7.08. The molecule has 1 saturated heterocycles. The average molecular weight is 318 g/mol. The van der Waals surface area contributed by atoms with Crippen LogP contribution in [0.3, 0.4) is 0 Å². The zero-order valence-corrected chi connectivity index (χ0v) is 12.7. The summed E-state index contributed by atoms with van der Waals surface area (Å²) in [6, 6.07) is 8.27. The highest BCUT2D eigenvalue weighted by molar-refractivity contribution is 7.99. The zero-order chi connectivity index (χ0) is 15.4. The molecule has 1 aromatic heterocycles. The highest BCUT2D eigenvalue weighted by atomic mass is 32.2. The predicted octanol–water partition coefficient (Wildman–Crippen LogP) is 2.88. The Hall–Kier alpha value is -1.91. The molecule has 0 N–H and O–H groups in total. The summed E-state index contributed by atoms with van der Waals surface area (Å²) < 4.78 is 20.7. The third kappa shape index (κ3) is 3.29. The van der Waals surface area contributed by atoms with Crippen LogP contribution in [0.5, 0.6) is 0 Å². The lowest BCUT2D eigenvalue weighted by atomic mass is 10.2. The van der Waals surface area contributed by atoms with E-state index in [2.05, 4.69) is 16.3 Å². The Kier molecular flexibility index (Phi) is 4.71. The number of thioether (sulfide) groups is 1. The van der Waals surface area contributed by atoms with Gasteiger partial charge in [0.15, 0.2) is 11.0 Å². The van der Waals surface area contributed by atoms with Crippen molar-refractivity contribution in [3.05, 3.63) is 30.1 Å². The van der Waals surface area contributed by atoms with E-state index in [9.17, 15) is 4.39 Å². The Morgan fingerprint density at radius 1 is 1.36 bits per heavy atom. The van der Waals surface area contributed by atoms with Crippen molar-refractivity contribution in [3.63, 3.8) is 0 Å². The van der Waals surface area contributed by atoms with Crippen LogP contribution in [0.1, 0.15) is 12.8 Å². The van der Waals surface area contributed by atoms with Gasteiger partial charge in [-0.1, -0.05) is 11.8 Å². The van der Waals surface area contributed by atoms with E-state index in [1.165, 1.54) is 23.9 Å². The van der Waals surface area contributed by atoms with Crippen molar-refractivity contribution < 1.29 is 9.13 Å². The molecule has 1 aliphatic heterocycles. The van der Waals surface area contributed by atoms with E-state index in [0.29, 0.717) is 23.3 Å². The summed E-state index contributed by atoms with van der Waals surface area (Å²) in [5.74, 6) is 0.705. The lowest BCUT2D eigenvalue weighted by molar-refractivity contribution is 0.0953. The fraction of sp³-hybridized carbons (Fsp3) is 0.400. The van der Waals surface area contributed by atoms with Crippen molar-refractivity contribution >= 4 is 11.8 Å². The molecule has 5 nitrogen and oxygen atoms in total. The van der Waals surface area contributed by atoms with Gasteiger partial charge in [0.1, 0.15) is 5.82 Å². The lowest BCUT2D eigenvalue weighted by Gasteiger charge is -2.14. The van der Waals surface area contributed by atoms with Gasteiger partial charge in [0.05, 0.1) is 24.5 Å². The summed E-state index contributed by atoms with van der Waals surface area (Å²) >= 11 is 1.35. The minimum absolute atomic E-state index is 0.136. The Morgan fingerprint density at radius 3 is 2.86 bits per heavy atom. The first kappa shape index (κ1) is 15.0. The maximum absolute atomic E-state index is 13.1. The first-order chi connectivity index (χ1) is 10.8. The van der Waals surface area contributed by atoms with Gasteiger partial charge in [0, 0.05) is 12.2 Å². The molecule has 0 saturated carbocycles. The fourth-order valence-electron chi connectivity index (χ4n) is 2.46. The third-order valence-corrected chi connectivity index (χ3v) is 4.33. The SMILES string of the molecule is N#CCSc1nnc(-c2ccc(F)cc2)n1C[C@@H]1CCCO1. The average Bonchev–Trinajstić information content (AvgIpc) is 3.17. The Balaban J connectivity index is 1.92. The molecule has 22 heavy (non-hydrogen) atoms. The summed E-state index contributed by atoms with van der Waals surface area (Å²) in [7, 11) is 0. The van der Waals surface area contributed by atoms with Gasteiger partial charge in [0.25, 0.3) is 0 Å². The number of hydrogen-bond acceptors (Lipinski definition) is 5. The molecule has 114 valence electrons. The summed E-state index contributed by atoms with van der Waals surface area (Å²) in [5, 5.41) is 17.8. The largest absolute Gasteiger partial charge is 0.376 e. The second-order valence-electron chi connectivity index (χ2n) is 5.01. The number of aromatic nitrogens is 3. The van der Waals surface area contributed by atoms with E-state index in [-0.39, 0.29) is 11.9 Å². The van der Waals surface area contributed by atoms with Crippen LogP contribution in [-0.2, 0) is 11.3 Å².